The number of hydrogen-bond donors (Lipinski definition) is 1. The van der Waals surface area contributed by atoms with Crippen LogP contribution in [-0.2, 0) is 6.42 Å². The van der Waals surface area contributed by atoms with Crippen LogP contribution in [0.1, 0.15) is 49.9 Å². The molecule has 7 heteroatoms. The largest absolute Gasteiger partial charge is 0.356 e. The molecule has 0 saturated heterocycles. The fourth-order valence-electron chi connectivity index (χ4n) is 7.93. The number of carbonyl (C=O) groups is 2. The van der Waals surface area contributed by atoms with Gasteiger partial charge in [0, 0.05) is 62.2 Å². The van der Waals surface area contributed by atoms with Crippen molar-refractivity contribution in [2.24, 2.45) is 0 Å². The summed E-state index contributed by atoms with van der Waals surface area (Å²) < 4.78 is 25.3. The molecule has 0 aliphatic heterocycles. The second kappa shape index (κ2) is 24.4. The number of halogens is 2. The van der Waals surface area contributed by atoms with E-state index in [0.29, 0.717) is 16.7 Å². The number of nitrogens with one attached hydrogen (secondary N) is 1. The quantitative estimate of drug-likeness (QED) is 0.117. The molecule has 0 saturated carbocycles. The predicted molar refractivity (Wildman–Crippen MR) is 292 cm³/mol. The molecule has 0 amide bonds. The first-order chi connectivity index (χ1) is 35.2. The van der Waals surface area contributed by atoms with E-state index in [9.17, 15) is 18.4 Å². The fourth-order valence-corrected chi connectivity index (χ4v) is 7.93. The molecule has 0 aliphatic carbocycles. The monoisotopic (exact) mass is 945 g/mol. The summed E-state index contributed by atoms with van der Waals surface area (Å²) in [5, 5.41) is 3.39. The number of hydrogen-bond acceptors (Lipinski definition) is 5. The van der Waals surface area contributed by atoms with Crippen LogP contribution in [0.5, 0.6) is 0 Å². The summed E-state index contributed by atoms with van der Waals surface area (Å²) in [6.07, 6.45) is 0.979. The summed E-state index contributed by atoms with van der Waals surface area (Å²) in [5.41, 5.74) is 14.0. The van der Waals surface area contributed by atoms with Crippen molar-refractivity contribution in [2.45, 2.75) is 20.3 Å². The van der Waals surface area contributed by atoms with Crippen molar-refractivity contribution < 1.29 is 18.4 Å². The molecule has 1 N–H and O–H groups in total. The maximum absolute atomic E-state index is 12.6. The minimum atomic E-state index is -0.393. The minimum Gasteiger partial charge on any atom is -0.356 e. The van der Waals surface area contributed by atoms with Crippen LogP contribution in [0.15, 0.2) is 267 Å². The zero-order valence-corrected chi connectivity index (χ0v) is 40.1. The zero-order chi connectivity index (χ0) is 50.1. The van der Waals surface area contributed by atoms with E-state index >= 15 is 0 Å². The summed E-state index contributed by atoms with van der Waals surface area (Å²) in [4.78, 5) is 28.1. The van der Waals surface area contributed by atoms with Gasteiger partial charge in [-0.25, -0.2) is 8.78 Å². The number of benzene rings is 10. The molecule has 72 heavy (non-hydrogen) atoms. The number of anilines is 8. The van der Waals surface area contributed by atoms with Gasteiger partial charge in [-0.1, -0.05) is 115 Å². The van der Waals surface area contributed by atoms with Crippen LogP contribution in [0, 0.1) is 18.6 Å². The lowest BCUT2D eigenvalue weighted by molar-refractivity contribution is 0.101. The third-order valence-electron chi connectivity index (χ3n) is 11.7. The van der Waals surface area contributed by atoms with Gasteiger partial charge in [0.1, 0.15) is 11.6 Å². The molecule has 10 aromatic rings. The molecular formula is C65H53F2N3O2. The highest BCUT2D eigenvalue weighted by Crippen LogP contribution is 2.39. The smallest absolute Gasteiger partial charge is 0.193 e. The van der Waals surface area contributed by atoms with Crippen molar-refractivity contribution >= 4 is 57.1 Å². The van der Waals surface area contributed by atoms with Crippen molar-refractivity contribution in [3.05, 3.63) is 312 Å². The van der Waals surface area contributed by atoms with Gasteiger partial charge < -0.3 is 15.1 Å². The topological polar surface area (TPSA) is 52.7 Å². The van der Waals surface area contributed by atoms with E-state index in [1.165, 1.54) is 65.2 Å². The number of ketones is 2. The number of aryl methyl sites for hydroxylation is 1. The average molecular weight is 946 g/mol. The van der Waals surface area contributed by atoms with Crippen molar-refractivity contribution in [2.75, 3.05) is 15.1 Å². The summed E-state index contributed by atoms with van der Waals surface area (Å²) in [5.74, 6) is -0.972. The third-order valence-corrected chi connectivity index (χ3v) is 11.7. The zero-order valence-electron chi connectivity index (χ0n) is 40.1. The van der Waals surface area contributed by atoms with Crippen LogP contribution in [-0.4, -0.2) is 11.6 Å². The Morgan fingerprint density at radius 1 is 0.361 bits per heavy atom. The van der Waals surface area contributed by atoms with Gasteiger partial charge in [-0.15, -0.1) is 0 Å². The van der Waals surface area contributed by atoms with Crippen molar-refractivity contribution in [3.63, 3.8) is 0 Å². The van der Waals surface area contributed by atoms with Crippen LogP contribution in [0.2, 0.25) is 0 Å². The molecule has 10 aromatic carbocycles. The van der Waals surface area contributed by atoms with Gasteiger partial charge >= 0.3 is 0 Å². The first-order valence-corrected chi connectivity index (χ1v) is 23.7. The Labute approximate surface area is 421 Å². The molecule has 0 radical (unpaired) electrons. The molecule has 5 nitrogen and oxygen atoms in total. The normalized spacial score (nSPS) is 10.4. The molecule has 0 bridgehead atoms. The number of Topliss-reactive ketones (excluding diaryl/α,β-unsaturated/α-hetero) is 1. The van der Waals surface area contributed by atoms with E-state index < -0.39 is 11.6 Å². The lowest BCUT2D eigenvalue weighted by atomic mass is 10.0. The Morgan fingerprint density at radius 3 is 1.10 bits per heavy atom. The highest BCUT2D eigenvalue weighted by Gasteiger charge is 2.16. The number of rotatable bonds is 13. The Bertz CT molecular complexity index is 3140. The number of carbonyl (C=O) groups excluding carboxylic acids is 2. The van der Waals surface area contributed by atoms with E-state index in [2.05, 4.69) is 174 Å². The second-order valence-electron chi connectivity index (χ2n) is 17.0. The lowest BCUT2D eigenvalue weighted by Crippen LogP contribution is -2.12. The van der Waals surface area contributed by atoms with Gasteiger partial charge in [-0.2, -0.15) is 0 Å². The average Bonchev–Trinajstić information content (AvgIpc) is 3.42. The summed E-state index contributed by atoms with van der Waals surface area (Å²) >= 11 is 0. The van der Waals surface area contributed by atoms with E-state index in [0.717, 1.165) is 51.9 Å². The molecule has 354 valence electrons. The number of para-hydroxylation sites is 3. The molecule has 0 spiro atoms. The fraction of sp³-hybridized carbons (Fsp3) is 0.0462. The van der Waals surface area contributed by atoms with Crippen LogP contribution in [0.25, 0.3) is 0 Å². The molecule has 0 aromatic heterocycles. The van der Waals surface area contributed by atoms with Gasteiger partial charge in [-0.3, -0.25) is 9.59 Å². The highest BCUT2D eigenvalue weighted by atomic mass is 19.1. The molecule has 0 heterocycles. The Morgan fingerprint density at radius 2 is 0.681 bits per heavy atom. The predicted octanol–water partition coefficient (Wildman–Crippen LogP) is 17.4. The summed E-state index contributed by atoms with van der Waals surface area (Å²) in [7, 11) is 0. The SMILES string of the molecule is CC(=O)c1ccc(N(c2ccccc2)c2ccc(N(c3ccccc3)c3ccc(C)cc3)cc2)cc1.O=C(c1ccc(F)cc1)c1ccc(F)cc1.c1ccc(Cc2ccc(Nc3ccccc3)cc2)cc1. The van der Waals surface area contributed by atoms with Gasteiger partial charge in [-0.05, 0) is 189 Å². The van der Waals surface area contributed by atoms with E-state index in [4.69, 9.17) is 0 Å². The highest BCUT2D eigenvalue weighted by molar-refractivity contribution is 6.08. The third kappa shape index (κ3) is 13.5. The first kappa shape index (κ1) is 49.2. The van der Waals surface area contributed by atoms with Crippen LogP contribution in [0.4, 0.5) is 54.3 Å². The number of nitrogens with zero attached hydrogens (tertiary/aromatic N) is 2. The Balaban J connectivity index is 0.000000161. The summed E-state index contributed by atoms with van der Waals surface area (Å²) in [6, 6.07) is 85.5. The lowest BCUT2D eigenvalue weighted by Gasteiger charge is -2.28. The Hall–Kier alpha value is -9.20. The van der Waals surface area contributed by atoms with E-state index in [1.807, 2.05) is 66.7 Å². The molecule has 0 aliphatic rings. The second-order valence-corrected chi connectivity index (χ2v) is 17.0. The maximum atomic E-state index is 12.6. The van der Waals surface area contributed by atoms with E-state index in [1.54, 1.807) is 6.92 Å². The van der Waals surface area contributed by atoms with Crippen LogP contribution in [0.3, 0.4) is 0 Å². The standard InChI is InChI=1S/C33H28N2O.C19H17N.C13H8F2O/c1-25-13-17-30(18-14-25)34(28-9-5-3-6-10-28)32-21-23-33(24-22-32)35(29-11-7-4-8-12-29)31-19-15-27(16-20-31)26(2)36;1-3-7-16(8-4-1)15-17-11-13-19(14-12-17)20-18-9-5-2-6-10-18;14-11-5-1-9(2-6-11)13(16)10-3-7-12(15)8-4-10/h3-24H,1-2H3;1-14,20H,15H2;1-8H. The Kier molecular flexibility index (Phi) is 16.7. The molecule has 0 atom stereocenters. The van der Waals surface area contributed by atoms with E-state index in [-0.39, 0.29) is 11.6 Å². The van der Waals surface area contributed by atoms with Crippen molar-refractivity contribution in [1.29, 1.82) is 0 Å². The molecular weight excluding hydrogens is 893 g/mol. The van der Waals surface area contributed by atoms with Gasteiger partial charge in [0.05, 0.1) is 0 Å². The van der Waals surface area contributed by atoms with Crippen LogP contribution >= 0.6 is 0 Å². The van der Waals surface area contributed by atoms with Gasteiger partial charge in [0.25, 0.3) is 0 Å². The molecule has 0 fully saturated rings. The molecule has 10 rings (SSSR count). The first-order valence-electron chi connectivity index (χ1n) is 23.7. The van der Waals surface area contributed by atoms with Gasteiger partial charge in [0.2, 0.25) is 0 Å². The maximum Gasteiger partial charge on any atom is 0.193 e. The minimum absolute atomic E-state index is 0.0641. The van der Waals surface area contributed by atoms with Crippen molar-refractivity contribution in [1.82, 2.24) is 0 Å². The van der Waals surface area contributed by atoms with Gasteiger partial charge in [0.15, 0.2) is 11.6 Å². The molecule has 0 unspecified atom stereocenters. The van der Waals surface area contributed by atoms with Crippen molar-refractivity contribution in [3.8, 4) is 0 Å². The van der Waals surface area contributed by atoms with Crippen LogP contribution < -0.4 is 15.1 Å². The summed E-state index contributed by atoms with van der Waals surface area (Å²) in [6.45, 7) is 3.70.